The number of carbonyl (C=O) groups is 1. The van der Waals surface area contributed by atoms with Crippen LogP contribution in [0.2, 0.25) is 0 Å². The van der Waals surface area contributed by atoms with Crippen molar-refractivity contribution in [2.24, 2.45) is 5.73 Å². The lowest BCUT2D eigenvalue weighted by Gasteiger charge is -2.47. The van der Waals surface area contributed by atoms with Gasteiger partial charge in [-0.05, 0) is 12.5 Å². The van der Waals surface area contributed by atoms with Gasteiger partial charge in [0.2, 0.25) is 5.91 Å². The molecule has 6 rings (SSSR count). The number of fused-ring (bicyclic) bond motifs is 3. The number of ether oxygens (including phenoxy) is 1. The number of thiazole rings is 1. The molecule has 1 aromatic carbocycles. The number of piperidine rings is 1. The van der Waals surface area contributed by atoms with E-state index in [2.05, 4.69) is 15.3 Å². The first-order valence-corrected chi connectivity index (χ1v) is 10.5. The summed E-state index contributed by atoms with van der Waals surface area (Å²) in [7, 11) is 0. The molecule has 0 aliphatic carbocycles. The predicted octanol–water partition coefficient (Wildman–Crippen LogP) is 2.61. The van der Waals surface area contributed by atoms with Crippen molar-refractivity contribution in [1.29, 1.82) is 0 Å². The molecule has 3 aliphatic heterocycles. The second-order valence-electron chi connectivity index (χ2n) is 7.61. The van der Waals surface area contributed by atoms with E-state index in [0.29, 0.717) is 35.7 Å². The number of rotatable bonds is 6. The van der Waals surface area contributed by atoms with Crippen LogP contribution in [0.5, 0.6) is 0 Å². The minimum atomic E-state index is -4.78. The van der Waals surface area contributed by atoms with Crippen LogP contribution in [-0.4, -0.2) is 53.8 Å². The Balaban J connectivity index is 1.62. The summed E-state index contributed by atoms with van der Waals surface area (Å²) >= 11 is 1.34. The summed E-state index contributed by atoms with van der Waals surface area (Å²) in [5.41, 5.74) is 5.54. The highest BCUT2D eigenvalue weighted by Gasteiger charge is 2.44. The van der Waals surface area contributed by atoms with Crippen molar-refractivity contribution in [2.75, 3.05) is 24.6 Å². The zero-order valence-electron chi connectivity index (χ0n) is 16.1. The highest BCUT2D eigenvalue weighted by atomic mass is 32.1. The molecular formula is C19H18F3N5O3S. The van der Waals surface area contributed by atoms with E-state index < -0.39 is 24.8 Å². The van der Waals surface area contributed by atoms with Crippen molar-refractivity contribution >= 4 is 34.4 Å². The quantitative estimate of drug-likeness (QED) is 0.591. The molecule has 3 aromatic rings. The fraction of sp³-hybridized carbons (Fsp3) is 0.421. The average Bonchev–Trinajstić information content (AvgIpc) is 3.37. The molecule has 2 aromatic heterocycles. The lowest BCUT2D eigenvalue weighted by atomic mass is 9.92. The highest BCUT2D eigenvalue weighted by molar-refractivity contribution is 7.13. The Morgan fingerprint density at radius 2 is 2.13 bits per heavy atom. The maximum Gasteiger partial charge on any atom is 0.418 e. The molecular weight excluding hydrogens is 435 g/mol. The standard InChI is InChI=1S/C19H18F3N5O3S/c20-19(21,22)16(29-8-13(23)28)11-1-2-12(17-24-3-4-31-17)15-14(11)26-18(30-15)27-6-9-5-10(7-27)25-9/h1-4,9-10,16,25H,5-8H2,(H2,23,28). The van der Waals surface area contributed by atoms with Crippen molar-refractivity contribution in [3.8, 4) is 10.6 Å². The normalized spacial score (nSPS) is 21.8. The molecule has 12 heteroatoms. The number of primary amides is 1. The maximum atomic E-state index is 13.8. The van der Waals surface area contributed by atoms with Crippen LogP contribution in [-0.2, 0) is 9.53 Å². The van der Waals surface area contributed by atoms with Gasteiger partial charge in [-0.25, -0.2) is 4.98 Å². The Morgan fingerprint density at radius 1 is 1.39 bits per heavy atom. The molecule has 0 radical (unpaired) electrons. The summed E-state index contributed by atoms with van der Waals surface area (Å²) in [6.45, 7) is 0.448. The van der Waals surface area contributed by atoms with Crippen LogP contribution in [0.3, 0.4) is 0 Å². The van der Waals surface area contributed by atoms with Crippen LogP contribution in [0.15, 0.2) is 28.1 Å². The van der Waals surface area contributed by atoms with Crippen LogP contribution in [0.1, 0.15) is 18.1 Å². The van der Waals surface area contributed by atoms with Gasteiger partial charge in [-0.3, -0.25) is 4.79 Å². The summed E-state index contributed by atoms with van der Waals surface area (Å²) in [5.74, 6) is -0.995. The zero-order valence-corrected chi connectivity index (χ0v) is 16.9. The first-order valence-electron chi connectivity index (χ1n) is 9.60. The number of aromatic nitrogens is 2. The Bertz CT molecular complexity index is 1100. The smallest absolute Gasteiger partial charge is 0.418 e. The van der Waals surface area contributed by atoms with Gasteiger partial charge < -0.3 is 25.1 Å². The van der Waals surface area contributed by atoms with Crippen molar-refractivity contribution in [3.63, 3.8) is 0 Å². The number of carbonyl (C=O) groups excluding carboxylic acids is 1. The van der Waals surface area contributed by atoms with E-state index in [1.807, 2.05) is 4.90 Å². The van der Waals surface area contributed by atoms with E-state index in [9.17, 15) is 18.0 Å². The van der Waals surface area contributed by atoms with Crippen molar-refractivity contribution in [2.45, 2.75) is 30.8 Å². The summed E-state index contributed by atoms with van der Waals surface area (Å²) in [4.78, 5) is 21.7. The van der Waals surface area contributed by atoms with Gasteiger partial charge in [0.25, 0.3) is 6.01 Å². The van der Waals surface area contributed by atoms with Gasteiger partial charge in [-0.15, -0.1) is 11.3 Å². The van der Waals surface area contributed by atoms with E-state index in [1.165, 1.54) is 23.5 Å². The van der Waals surface area contributed by atoms with Gasteiger partial charge in [0.15, 0.2) is 11.7 Å². The van der Waals surface area contributed by atoms with Gasteiger partial charge in [-0.1, -0.05) is 6.07 Å². The molecule has 3 saturated heterocycles. The number of nitrogens with zero attached hydrogens (tertiary/aromatic N) is 3. The van der Waals surface area contributed by atoms with Crippen LogP contribution in [0, 0.1) is 0 Å². The van der Waals surface area contributed by atoms with Crippen LogP contribution < -0.4 is 16.0 Å². The van der Waals surface area contributed by atoms with Gasteiger partial charge >= 0.3 is 6.18 Å². The Hall–Kier alpha value is -2.70. The number of halogens is 3. The number of anilines is 1. The number of nitrogens with one attached hydrogen (secondary N) is 1. The molecule has 3 atom stereocenters. The van der Waals surface area contributed by atoms with Gasteiger partial charge in [0.1, 0.15) is 17.1 Å². The van der Waals surface area contributed by atoms with Crippen LogP contribution in [0.25, 0.3) is 21.7 Å². The molecule has 5 heterocycles. The average molecular weight is 453 g/mol. The molecule has 8 nitrogen and oxygen atoms in total. The first-order chi connectivity index (χ1) is 14.8. The third kappa shape index (κ3) is 3.75. The van der Waals surface area contributed by atoms with Crippen LogP contribution >= 0.6 is 11.3 Å². The second kappa shape index (κ2) is 7.46. The molecule has 31 heavy (non-hydrogen) atoms. The molecule has 0 spiro atoms. The fourth-order valence-electron chi connectivity index (χ4n) is 4.08. The summed E-state index contributed by atoms with van der Waals surface area (Å²) in [5, 5.41) is 5.76. The van der Waals surface area contributed by atoms with Crippen molar-refractivity contribution < 1.29 is 27.1 Å². The molecule has 2 bridgehead atoms. The number of amides is 1. The molecule has 3 unspecified atom stereocenters. The molecule has 3 N–H and O–H groups in total. The molecule has 164 valence electrons. The van der Waals surface area contributed by atoms with Crippen molar-refractivity contribution in [3.05, 3.63) is 29.3 Å². The van der Waals surface area contributed by atoms with Gasteiger partial charge in [0.05, 0.1) is 5.56 Å². The van der Waals surface area contributed by atoms with Crippen molar-refractivity contribution in [1.82, 2.24) is 15.3 Å². The Labute approximate surface area is 178 Å². The Morgan fingerprint density at radius 3 is 2.74 bits per heavy atom. The van der Waals surface area contributed by atoms with E-state index in [1.54, 1.807) is 11.6 Å². The Kier molecular flexibility index (Phi) is 4.87. The molecule has 0 saturated carbocycles. The summed E-state index contributed by atoms with van der Waals surface area (Å²) < 4.78 is 52.3. The molecule has 1 amide bonds. The zero-order chi connectivity index (χ0) is 21.8. The minimum Gasteiger partial charge on any atom is -0.423 e. The maximum absolute atomic E-state index is 13.8. The first kappa shape index (κ1) is 20.2. The van der Waals surface area contributed by atoms with E-state index >= 15 is 0 Å². The fourth-order valence-corrected chi connectivity index (χ4v) is 4.74. The lowest BCUT2D eigenvalue weighted by Crippen LogP contribution is -2.67. The number of piperazine rings is 1. The van der Waals surface area contributed by atoms with Gasteiger partial charge in [0, 0.05) is 42.3 Å². The van der Waals surface area contributed by atoms with Crippen LogP contribution in [0.4, 0.5) is 19.2 Å². The second-order valence-corrected chi connectivity index (χ2v) is 8.51. The summed E-state index contributed by atoms with van der Waals surface area (Å²) in [6, 6.07) is 3.68. The number of benzene rings is 1. The van der Waals surface area contributed by atoms with E-state index in [-0.39, 0.29) is 22.7 Å². The van der Waals surface area contributed by atoms with E-state index in [0.717, 1.165) is 6.42 Å². The minimum absolute atomic E-state index is 0.0294. The number of alkyl halides is 3. The van der Waals surface area contributed by atoms with Gasteiger partial charge in [-0.2, -0.15) is 18.2 Å². The molecule has 3 fully saturated rings. The SMILES string of the molecule is NC(=O)COC(c1ccc(-c2nccs2)c2oc(N3CC4CC(C3)N4)nc12)C(F)(F)F. The highest BCUT2D eigenvalue weighted by Crippen LogP contribution is 2.43. The topological polar surface area (TPSA) is 107 Å². The third-order valence-corrected chi connectivity index (χ3v) is 6.20. The lowest BCUT2D eigenvalue weighted by molar-refractivity contribution is -0.222. The van der Waals surface area contributed by atoms with E-state index in [4.69, 9.17) is 14.9 Å². The number of nitrogens with two attached hydrogens (primary N) is 1. The molecule has 3 aliphatic rings. The number of oxazole rings is 1. The number of hydrogen-bond acceptors (Lipinski definition) is 8. The largest absolute Gasteiger partial charge is 0.423 e. The predicted molar refractivity (Wildman–Crippen MR) is 107 cm³/mol. The third-order valence-electron chi connectivity index (χ3n) is 5.39. The summed E-state index contributed by atoms with van der Waals surface area (Å²) in [6.07, 6.45) is -4.48. The monoisotopic (exact) mass is 453 g/mol. The number of hydrogen-bond donors (Lipinski definition) is 2.